The second kappa shape index (κ2) is 11.0. The van der Waals surface area contributed by atoms with Gasteiger partial charge in [0, 0.05) is 49.3 Å². The average molecular weight is 494 g/mol. The summed E-state index contributed by atoms with van der Waals surface area (Å²) in [5.74, 6) is 0.0671. The van der Waals surface area contributed by atoms with Crippen LogP contribution >= 0.6 is 0 Å². The van der Waals surface area contributed by atoms with Gasteiger partial charge in [0.25, 0.3) is 5.91 Å². The molecule has 1 aliphatic heterocycles. The summed E-state index contributed by atoms with van der Waals surface area (Å²) in [5.41, 5.74) is 4.12. The van der Waals surface area contributed by atoms with E-state index in [2.05, 4.69) is 50.1 Å². The van der Waals surface area contributed by atoms with Gasteiger partial charge in [-0.25, -0.2) is 4.39 Å². The van der Waals surface area contributed by atoms with Gasteiger partial charge in [0.05, 0.1) is 6.04 Å². The molecule has 5 rings (SSSR count). The molecule has 2 aromatic carbocycles. The largest absolute Gasteiger partial charge is 0.376 e. The van der Waals surface area contributed by atoms with Crippen LogP contribution in [0.25, 0.3) is 10.9 Å². The third-order valence-electron chi connectivity index (χ3n) is 7.46. The smallest absolute Gasteiger partial charge is 0.268 e. The maximum Gasteiger partial charge on any atom is 0.268 e. The summed E-state index contributed by atoms with van der Waals surface area (Å²) in [7, 11) is 0. The number of halogens is 1. The van der Waals surface area contributed by atoms with E-state index in [0.29, 0.717) is 35.5 Å². The SMILES string of the molecule is Cc1c(C(=O)N[C@@H](CCC2CC2)C(O)NCc2ccc(N3CCNCC3)cc2)[nH]c2ccc(F)cc12. The molecule has 1 saturated heterocycles. The molecule has 1 saturated carbocycles. The molecule has 2 fully saturated rings. The number of nitrogens with zero attached hydrogens (tertiary/aromatic N) is 1. The lowest BCUT2D eigenvalue weighted by Crippen LogP contribution is -2.50. The van der Waals surface area contributed by atoms with Crippen LogP contribution in [0.15, 0.2) is 42.5 Å². The Labute approximate surface area is 211 Å². The van der Waals surface area contributed by atoms with E-state index in [4.69, 9.17) is 0 Å². The molecule has 1 amide bonds. The summed E-state index contributed by atoms with van der Waals surface area (Å²) in [5, 5.41) is 21.3. The molecule has 1 aliphatic carbocycles. The van der Waals surface area contributed by atoms with E-state index in [1.54, 1.807) is 6.07 Å². The first-order valence-electron chi connectivity index (χ1n) is 13.0. The van der Waals surface area contributed by atoms with E-state index in [1.165, 1.54) is 30.7 Å². The van der Waals surface area contributed by atoms with Crippen molar-refractivity contribution in [3.63, 3.8) is 0 Å². The standard InChI is InChI=1S/C28H36FN5O2/c1-18-23-16-21(29)7-11-24(23)32-26(18)28(36)33-25(10-6-19-2-3-19)27(35)31-17-20-4-8-22(9-5-20)34-14-12-30-13-15-34/h4-5,7-9,11,16,19,25,27,30-32,35H,2-3,6,10,12-15,17H2,1H3,(H,33,36)/t25-,27?/m0/s1. The lowest BCUT2D eigenvalue weighted by atomic mass is 10.1. The molecule has 0 spiro atoms. The molecule has 0 radical (unpaired) electrons. The van der Waals surface area contributed by atoms with E-state index in [-0.39, 0.29) is 11.7 Å². The van der Waals surface area contributed by atoms with Crippen LogP contribution in [0.5, 0.6) is 0 Å². The second-order valence-corrected chi connectivity index (χ2v) is 10.1. The molecule has 7 nitrogen and oxygen atoms in total. The molecule has 0 bridgehead atoms. The Morgan fingerprint density at radius 3 is 2.64 bits per heavy atom. The van der Waals surface area contributed by atoms with E-state index < -0.39 is 12.3 Å². The van der Waals surface area contributed by atoms with E-state index in [1.807, 2.05) is 6.92 Å². The van der Waals surface area contributed by atoms with Crippen LogP contribution in [-0.4, -0.2) is 54.4 Å². The minimum Gasteiger partial charge on any atom is -0.376 e. The van der Waals surface area contributed by atoms with Crippen molar-refractivity contribution in [3.8, 4) is 0 Å². The maximum atomic E-state index is 13.7. The zero-order chi connectivity index (χ0) is 25.1. The first-order valence-corrected chi connectivity index (χ1v) is 13.0. The molecule has 2 aliphatic rings. The first kappa shape index (κ1) is 24.7. The number of anilines is 1. The molecule has 3 aromatic rings. The number of piperazine rings is 1. The van der Waals surface area contributed by atoms with Crippen molar-refractivity contribution in [2.24, 2.45) is 5.92 Å². The molecular formula is C28H36FN5O2. The van der Waals surface area contributed by atoms with Crippen molar-refractivity contribution in [2.75, 3.05) is 31.1 Å². The molecule has 192 valence electrons. The Kier molecular flexibility index (Phi) is 7.55. The van der Waals surface area contributed by atoms with Gasteiger partial charge in [-0.05, 0) is 67.1 Å². The van der Waals surface area contributed by atoms with E-state index in [9.17, 15) is 14.3 Å². The normalized spacial score (nSPS) is 17.8. The lowest BCUT2D eigenvalue weighted by molar-refractivity contribution is 0.0696. The van der Waals surface area contributed by atoms with E-state index >= 15 is 0 Å². The highest BCUT2D eigenvalue weighted by molar-refractivity contribution is 6.01. The van der Waals surface area contributed by atoms with Crippen LogP contribution in [0.1, 0.15) is 47.3 Å². The van der Waals surface area contributed by atoms with Crippen molar-refractivity contribution in [1.29, 1.82) is 0 Å². The maximum absolute atomic E-state index is 13.7. The number of benzene rings is 2. The van der Waals surface area contributed by atoms with Gasteiger partial charge in [-0.3, -0.25) is 10.1 Å². The van der Waals surface area contributed by atoms with Gasteiger partial charge in [0.2, 0.25) is 0 Å². The summed E-state index contributed by atoms with van der Waals surface area (Å²) in [6.45, 7) is 6.32. The topological polar surface area (TPSA) is 92.4 Å². The van der Waals surface area contributed by atoms with Crippen molar-refractivity contribution >= 4 is 22.5 Å². The number of aryl methyl sites for hydroxylation is 1. The molecule has 5 N–H and O–H groups in total. The number of fused-ring (bicyclic) bond motifs is 1. The van der Waals surface area contributed by atoms with Gasteiger partial charge < -0.3 is 25.6 Å². The lowest BCUT2D eigenvalue weighted by Gasteiger charge is -2.29. The van der Waals surface area contributed by atoms with Crippen molar-refractivity contribution < 1.29 is 14.3 Å². The van der Waals surface area contributed by atoms with Crippen molar-refractivity contribution in [3.05, 3.63) is 65.1 Å². The number of amides is 1. The molecule has 36 heavy (non-hydrogen) atoms. The van der Waals surface area contributed by atoms with Crippen LogP contribution in [0.4, 0.5) is 10.1 Å². The highest BCUT2D eigenvalue weighted by Gasteiger charge is 2.28. The number of aromatic amines is 1. The number of nitrogens with one attached hydrogen (secondary N) is 4. The number of aliphatic hydroxyl groups excluding tert-OH is 1. The van der Waals surface area contributed by atoms with E-state index in [0.717, 1.165) is 43.7 Å². The first-order chi connectivity index (χ1) is 17.5. The van der Waals surface area contributed by atoms with Crippen molar-refractivity contribution in [2.45, 2.75) is 51.4 Å². The Bertz CT molecular complexity index is 1180. The predicted molar refractivity (Wildman–Crippen MR) is 141 cm³/mol. The van der Waals surface area contributed by atoms with Gasteiger partial charge in [-0.1, -0.05) is 25.0 Å². The zero-order valence-electron chi connectivity index (χ0n) is 20.8. The van der Waals surface area contributed by atoms with Crippen molar-refractivity contribution in [1.82, 2.24) is 20.9 Å². The van der Waals surface area contributed by atoms with Crippen LogP contribution in [0.3, 0.4) is 0 Å². The molecular weight excluding hydrogens is 457 g/mol. The van der Waals surface area contributed by atoms with Crippen LogP contribution in [0.2, 0.25) is 0 Å². The zero-order valence-corrected chi connectivity index (χ0v) is 20.8. The number of rotatable bonds is 10. The summed E-state index contributed by atoms with van der Waals surface area (Å²) < 4.78 is 13.7. The fourth-order valence-corrected chi connectivity index (χ4v) is 5.01. The summed E-state index contributed by atoms with van der Waals surface area (Å²) in [6.07, 6.45) is 3.22. The molecule has 2 heterocycles. The van der Waals surface area contributed by atoms with Crippen LogP contribution in [-0.2, 0) is 6.54 Å². The fourth-order valence-electron chi connectivity index (χ4n) is 5.01. The number of hydrogen-bond donors (Lipinski definition) is 5. The highest BCUT2D eigenvalue weighted by atomic mass is 19.1. The summed E-state index contributed by atoms with van der Waals surface area (Å²) >= 11 is 0. The van der Waals surface area contributed by atoms with Crippen LogP contribution < -0.4 is 20.9 Å². The number of carbonyl (C=O) groups excluding carboxylic acids is 1. The highest BCUT2D eigenvalue weighted by Crippen LogP contribution is 2.34. The van der Waals surface area contributed by atoms with Gasteiger partial charge in [-0.2, -0.15) is 0 Å². The Morgan fingerprint density at radius 1 is 1.17 bits per heavy atom. The average Bonchev–Trinajstić information content (AvgIpc) is 3.68. The molecule has 1 aromatic heterocycles. The van der Waals surface area contributed by atoms with Gasteiger partial charge in [0.1, 0.15) is 17.7 Å². The Morgan fingerprint density at radius 2 is 1.92 bits per heavy atom. The second-order valence-electron chi connectivity index (χ2n) is 10.1. The Balaban J connectivity index is 1.22. The quantitative estimate of drug-likeness (QED) is 0.279. The third kappa shape index (κ3) is 5.88. The molecule has 1 unspecified atom stereocenters. The molecule has 8 heteroatoms. The number of hydrogen-bond acceptors (Lipinski definition) is 5. The number of aromatic nitrogens is 1. The monoisotopic (exact) mass is 493 g/mol. The Hall–Kier alpha value is -2.94. The van der Waals surface area contributed by atoms with Gasteiger partial charge >= 0.3 is 0 Å². The number of H-pyrrole nitrogens is 1. The summed E-state index contributed by atoms with van der Waals surface area (Å²) in [6, 6.07) is 12.5. The summed E-state index contributed by atoms with van der Waals surface area (Å²) in [4.78, 5) is 18.7. The molecule has 2 atom stereocenters. The number of aliphatic hydroxyl groups is 1. The predicted octanol–water partition coefficient (Wildman–Crippen LogP) is 3.42. The minimum absolute atomic E-state index is 0.286. The minimum atomic E-state index is -0.886. The van der Waals surface area contributed by atoms with Gasteiger partial charge in [-0.15, -0.1) is 0 Å². The fraction of sp³-hybridized carbons (Fsp3) is 0.464. The third-order valence-corrected chi connectivity index (χ3v) is 7.46. The van der Waals surface area contributed by atoms with Gasteiger partial charge in [0.15, 0.2) is 0 Å². The van der Waals surface area contributed by atoms with Crippen LogP contribution in [0, 0.1) is 18.7 Å². The number of carbonyl (C=O) groups is 1.